The van der Waals surface area contributed by atoms with Gasteiger partial charge in [0.05, 0.1) is 58.5 Å². The van der Waals surface area contributed by atoms with E-state index in [-0.39, 0.29) is 40.7 Å². The fraction of sp³-hybridized carbons (Fsp3) is 0.357. The van der Waals surface area contributed by atoms with Crippen molar-refractivity contribution in [2.45, 2.75) is 39.7 Å². The zero-order valence-electron chi connectivity index (χ0n) is 21.6. The van der Waals surface area contributed by atoms with Gasteiger partial charge in [0.1, 0.15) is 0 Å². The van der Waals surface area contributed by atoms with E-state index in [1.165, 1.54) is 6.20 Å². The van der Waals surface area contributed by atoms with E-state index >= 15 is 4.39 Å². The van der Waals surface area contributed by atoms with Crippen molar-refractivity contribution in [1.82, 2.24) is 14.8 Å². The lowest BCUT2D eigenvalue weighted by Gasteiger charge is -2.30. The number of halogens is 4. The van der Waals surface area contributed by atoms with Gasteiger partial charge in [0, 0.05) is 35.5 Å². The number of anilines is 2. The molecule has 1 saturated heterocycles. The third kappa shape index (κ3) is 4.40. The van der Waals surface area contributed by atoms with Crippen molar-refractivity contribution < 1.29 is 18.0 Å². The third-order valence-electron chi connectivity index (χ3n) is 7.72. The molecule has 3 aliphatic rings. The lowest BCUT2D eigenvalue weighted by molar-refractivity contribution is -0.118. The van der Waals surface area contributed by atoms with Gasteiger partial charge in [-0.2, -0.15) is 5.10 Å². The van der Waals surface area contributed by atoms with Crippen LogP contribution in [0, 0.1) is 24.6 Å². The fourth-order valence-corrected chi connectivity index (χ4v) is 5.59. The molecule has 0 bridgehead atoms. The van der Waals surface area contributed by atoms with E-state index in [0.717, 1.165) is 47.9 Å². The van der Waals surface area contributed by atoms with Crippen LogP contribution in [0.25, 0.3) is 5.70 Å². The highest BCUT2D eigenvalue weighted by atomic mass is 35.5. The van der Waals surface area contributed by atoms with Crippen LogP contribution < -0.4 is 9.80 Å². The maximum absolute atomic E-state index is 15.1. The number of carbonyl (C=O) groups is 1. The zero-order chi connectivity index (χ0) is 27.6. The van der Waals surface area contributed by atoms with Gasteiger partial charge in [0.25, 0.3) is 6.43 Å². The Morgan fingerprint density at radius 1 is 1.13 bits per heavy atom. The molecule has 0 radical (unpaired) electrons. The number of aryl methyl sites for hydroxylation is 1. The standard InChI is InChI=1S/C28H26ClF3N6O/c1-14-11-36(24(10-33-14)25-19(27(31)32)4-5-21(29)26(25)30)18-9-34-38(13-18)16(3)22-6-7-23(15(2)35-22)37-12-17-8-20(17)28(37)39/h4-7,9-10,13,16-17,20,27H,8,11-12H2,1-3H3/t16-,17-,20-/m1/s1. The predicted molar refractivity (Wildman–Crippen MR) is 144 cm³/mol. The smallest absolute Gasteiger partial charge is 0.264 e. The highest BCUT2D eigenvalue weighted by Crippen LogP contribution is 2.47. The Balaban J connectivity index is 1.30. The number of benzene rings is 1. The number of aliphatic imine (C=N–C) groups is 1. The van der Waals surface area contributed by atoms with Gasteiger partial charge in [-0.25, -0.2) is 13.2 Å². The number of rotatable bonds is 6. The monoisotopic (exact) mass is 554 g/mol. The van der Waals surface area contributed by atoms with Gasteiger partial charge >= 0.3 is 0 Å². The molecule has 11 heteroatoms. The van der Waals surface area contributed by atoms with Crippen molar-refractivity contribution in [3.05, 3.63) is 76.2 Å². The topological polar surface area (TPSA) is 66.6 Å². The summed E-state index contributed by atoms with van der Waals surface area (Å²) < 4.78 is 44.6. The summed E-state index contributed by atoms with van der Waals surface area (Å²) in [4.78, 5) is 25.1. The average molecular weight is 555 g/mol. The van der Waals surface area contributed by atoms with E-state index in [9.17, 15) is 13.6 Å². The molecule has 0 spiro atoms. The third-order valence-corrected chi connectivity index (χ3v) is 8.01. The van der Waals surface area contributed by atoms with Gasteiger partial charge in [-0.1, -0.05) is 17.7 Å². The maximum Gasteiger partial charge on any atom is 0.264 e. The van der Waals surface area contributed by atoms with Crippen LogP contribution >= 0.6 is 11.6 Å². The molecule has 0 N–H and O–H groups in total. The van der Waals surface area contributed by atoms with Crippen molar-refractivity contribution in [2.75, 3.05) is 22.9 Å². The first kappa shape index (κ1) is 25.6. The van der Waals surface area contributed by atoms with Gasteiger partial charge in [0.15, 0.2) is 5.82 Å². The number of alkyl halides is 2. The Bertz CT molecular complexity index is 1550. The number of hydrogen-bond acceptors (Lipinski definition) is 5. The first-order chi connectivity index (χ1) is 18.6. The molecule has 3 atom stereocenters. The van der Waals surface area contributed by atoms with Crippen molar-refractivity contribution in [2.24, 2.45) is 16.8 Å². The number of hydrogen-bond donors (Lipinski definition) is 0. The van der Waals surface area contributed by atoms with E-state index in [2.05, 4.69) is 10.1 Å². The first-order valence-corrected chi connectivity index (χ1v) is 13.1. The molecule has 1 amide bonds. The Morgan fingerprint density at radius 2 is 1.92 bits per heavy atom. The quantitative estimate of drug-likeness (QED) is 0.364. The van der Waals surface area contributed by atoms with Gasteiger partial charge in [0.2, 0.25) is 5.91 Å². The van der Waals surface area contributed by atoms with Crippen molar-refractivity contribution in [3.63, 3.8) is 0 Å². The largest absolute Gasteiger partial charge is 0.331 e. The molecule has 4 heterocycles. The van der Waals surface area contributed by atoms with Crippen LogP contribution in [0.3, 0.4) is 0 Å². The fourth-order valence-electron chi connectivity index (χ4n) is 5.43. The molecular weight excluding hydrogens is 529 g/mol. The summed E-state index contributed by atoms with van der Waals surface area (Å²) in [6.45, 7) is 6.65. The first-order valence-electron chi connectivity index (χ1n) is 12.7. The number of carbonyl (C=O) groups excluding carboxylic acids is 1. The Hall–Kier alpha value is -3.66. The summed E-state index contributed by atoms with van der Waals surface area (Å²) in [7, 11) is 0. The van der Waals surface area contributed by atoms with Crippen LogP contribution in [0.2, 0.25) is 5.02 Å². The Kier molecular flexibility index (Phi) is 6.25. The van der Waals surface area contributed by atoms with E-state index in [1.807, 2.05) is 30.9 Å². The number of nitrogens with zero attached hydrogens (tertiary/aromatic N) is 6. The number of fused-ring (bicyclic) bond motifs is 1. The van der Waals surface area contributed by atoms with E-state index < -0.39 is 17.8 Å². The molecule has 2 aromatic heterocycles. The summed E-state index contributed by atoms with van der Waals surface area (Å²) in [5, 5.41) is 4.26. The molecule has 0 unspecified atom stereocenters. The highest BCUT2D eigenvalue weighted by Gasteiger charge is 2.52. The molecule has 39 heavy (non-hydrogen) atoms. The highest BCUT2D eigenvalue weighted by molar-refractivity contribution is 6.31. The van der Waals surface area contributed by atoms with Gasteiger partial charge in [-0.3, -0.25) is 19.5 Å². The zero-order valence-corrected chi connectivity index (χ0v) is 22.3. The average Bonchev–Trinajstić information content (AvgIpc) is 3.37. The molecule has 6 rings (SSSR count). The van der Waals surface area contributed by atoms with Crippen LogP contribution in [0.4, 0.5) is 24.5 Å². The Labute approximate surface area is 228 Å². The lowest BCUT2D eigenvalue weighted by Crippen LogP contribution is -2.30. The second-order valence-electron chi connectivity index (χ2n) is 10.3. The summed E-state index contributed by atoms with van der Waals surface area (Å²) in [5.74, 6) is -0.102. The maximum atomic E-state index is 15.1. The SMILES string of the molecule is CC1=NC=C(c2c(C(F)F)ccc(Cl)c2F)N(c2cnn([C@H](C)c3ccc(N4C[C@H]5C[C@H]5C4=O)c(C)n3)c2)C1. The minimum Gasteiger partial charge on any atom is -0.331 e. The van der Waals surface area contributed by atoms with E-state index in [0.29, 0.717) is 11.6 Å². The molecule has 1 saturated carbocycles. The van der Waals surface area contributed by atoms with Crippen LogP contribution in [-0.4, -0.2) is 39.5 Å². The molecule has 2 aliphatic heterocycles. The van der Waals surface area contributed by atoms with Crippen molar-refractivity contribution in [1.29, 1.82) is 0 Å². The lowest BCUT2D eigenvalue weighted by atomic mass is 10.0. The number of pyridine rings is 1. The normalized spacial score (nSPS) is 21.3. The predicted octanol–water partition coefficient (Wildman–Crippen LogP) is 6.19. The van der Waals surface area contributed by atoms with Crippen LogP contribution in [0.1, 0.15) is 55.3 Å². The molecule has 7 nitrogen and oxygen atoms in total. The Morgan fingerprint density at radius 3 is 2.62 bits per heavy atom. The van der Waals surface area contributed by atoms with Gasteiger partial charge in [-0.15, -0.1) is 0 Å². The molecule has 1 aliphatic carbocycles. The van der Waals surface area contributed by atoms with Crippen molar-refractivity contribution >= 4 is 40.3 Å². The second-order valence-corrected chi connectivity index (χ2v) is 10.7. The summed E-state index contributed by atoms with van der Waals surface area (Å²) in [6, 6.07) is 5.83. The van der Waals surface area contributed by atoms with Crippen LogP contribution in [0.15, 0.2) is 47.9 Å². The molecule has 2 fully saturated rings. The van der Waals surface area contributed by atoms with Gasteiger partial charge < -0.3 is 9.80 Å². The number of amides is 1. The van der Waals surface area contributed by atoms with Crippen molar-refractivity contribution in [3.8, 4) is 0 Å². The number of piperidine rings is 1. The molecule has 202 valence electrons. The van der Waals surface area contributed by atoms with E-state index in [4.69, 9.17) is 16.6 Å². The number of aromatic nitrogens is 3. The summed E-state index contributed by atoms with van der Waals surface area (Å²) in [6.07, 6.45) is 2.84. The minimum atomic E-state index is -2.90. The second kappa shape index (κ2) is 9.51. The minimum absolute atomic E-state index is 0.171. The molecule has 1 aromatic carbocycles. The van der Waals surface area contributed by atoms with Gasteiger partial charge in [-0.05, 0) is 51.3 Å². The summed E-state index contributed by atoms with van der Waals surface area (Å²) >= 11 is 5.98. The van der Waals surface area contributed by atoms with E-state index in [1.54, 1.807) is 28.9 Å². The summed E-state index contributed by atoms with van der Waals surface area (Å²) in [5.41, 5.74) is 3.10. The van der Waals surface area contributed by atoms with Crippen LogP contribution in [0.5, 0.6) is 0 Å². The van der Waals surface area contributed by atoms with Crippen LogP contribution in [-0.2, 0) is 4.79 Å². The molecular formula is C28H26ClF3N6O. The molecule has 3 aromatic rings.